The Balaban J connectivity index is 2.38. The van der Waals surface area contributed by atoms with Crippen LogP contribution in [0.4, 0.5) is 0 Å². The van der Waals surface area contributed by atoms with Crippen molar-refractivity contribution in [2.24, 2.45) is 0 Å². The average molecular weight is 389 g/mol. The number of ketones is 1. The number of carbonyl (C=O) groups excluding carboxylic acids is 1. The molecule has 0 radical (unpaired) electrons. The Morgan fingerprint density at radius 3 is 2.70 bits per heavy atom. The Labute approximate surface area is 135 Å². The van der Waals surface area contributed by atoms with Gasteiger partial charge in [-0.05, 0) is 35.4 Å². The van der Waals surface area contributed by atoms with Gasteiger partial charge in [0.25, 0.3) is 0 Å². The van der Waals surface area contributed by atoms with Crippen LogP contribution in [0.2, 0.25) is 0 Å². The summed E-state index contributed by atoms with van der Waals surface area (Å²) in [6, 6.07) is 0. The van der Waals surface area contributed by atoms with E-state index in [0.717, 1.165) is 16.7 Å². The normalized spacial score (nSPS) is 10.7. The van der Waals surface area contributed by atoms with Gasteiger partial charge in [0, 0.05) is 13.0 Å². The largest absolute Gasteiger partial charge is 0.292 e. The summed E-state index contributed by atoms with van der Waals surface area (Å²) in [7, 11) is 0. The highest BCUT2D eigenvalue weighted by molar-refractivity contribution is 14.1. The summed E-state index contributed by atoms with van der Waals surface area (Å²) in [5.74, 6) is 0.0588. The van der Waals surface area contributed by atoms with Crippen molar-refractivity contribution in [2.75, 3.05) is 0 Å². The molecule has 1 heterocycles. The van der Waals surface area contributed by atoms with Crippen molar-refractivity contribution in [1.29, 1.82) is 0 Å². The topological polar surface area (TPSA) is 47.8 Å². The van der Waals surface area contributed by atoms with Gasteiger partial charge in [0.15, 0.2) is 11.5 Å². The summed E-state index contributed by atoms with van der Waals surface area (Å²) in [5, 5.41) is 8.11. The standard InChI is InChI=1S/C15H24IN3O/c1-3-5-7-8-9-10-12-19-15(16)14(17-18-19)13(20)11-6-4-2/h4H,2-3,5-12H2,1H3. The molecule has 0 saturated carbocycles. The first-order valence-corrected chi connectivity index (χ1v) is 8.51. The molecule has 0 unspecified atom stereocenters. The summed E-state index contributed by atoms with van der Waals surface area (Å²) >= 11 is 2.17. The molecule has 112 valence electrons. The van der Waals surface area contributed by atoms with Crippen LogP contribution in [0.3, 0.4) is 0 Å². The monoisotopic (exact) mass is 389 g/mol. The van der Waals surface area contributed by atoms with Gasteiger partial charge in [-0.25, -0.2) is 4.68 Å². The average Bonchev–Trinajstić information content (AvgIpc) is 2.81. The lowest BCUT2D eigenvalue weighted by Crippen LogP contribution is -2.05. The van der Waals surface area contributed by atoms with Gasteiger partial charge in [-0.15, -0.1) is 11.7 Å². The lowest BCUT2D eigenvalue weighted by molar-refractivity contribution is 0.0978. The third kappa shape index (κ3) is 5.73. The second kappa shape index (κ2) is 10.1. The van der Waals surface area contributed by atoms with Crippen LogP contribution in [0.25, 0.3) is 0 Å². The number of hydrogen-bond acceptors (Lipinski definition) is 3. The fourth-order valence-electron chi connectivity index (χ4n) is 2.01. The van der Waals surface area contributed by atoms with Gasteiger partial charge in [-0.1, -0.05) is 50.3 Å². The van der Waals surface area contributed by atoms with Crippen LogP contribution in [-0.2, 0) is 6.54 Å². The van der Waals surface area contributed by atoms with Crippen molar-refractivity contribution in [3.63, 3.8) is 0 Å². The molecule has 0 aliphatic carbocycles. The maximum Gasteiger partial charge on any atom is 0.186 e. The fourth-order valence-corrected chi connectivity index (χ4v) is 2.75. The Hall–Kier alpha value is -0.720. The maximum absolute atomic E-state index is 11.9. The van der Waals surface area contributed by atoms with Gasteiger partial charge >= 0.3 is 0 Å². The number of rotatable bonds is 11. The summed E-state index contributed by atoms with van der Waals surface area (Å²) in [6.07, 6.45) is 10.4. The van der Waals surface area contributed by atoms with Crippen molar-refractivity contribution in [1.82, 2.24) is 15.0 Å². The molecule has 0 saturated heterocycles. The second-order valence-corrected chi connectivity index (χ2v) is 5.99. The molecule has 20 heavy (non-hydrogen) atoms. The van der Waals surface area contributed by atoms with Crippen LogP contribution in [0, 0.1) is 3.70 Å². The number of aromatic nitrogens is 3. The Kier molecular flexibility index (Phi) is 8.73. The van der Waals surface area contributed by atoms with Crippen molar-refractivity contribution in [3.8, 4) is 0 Å². The molecule has 1 aromatic rings. The number of nitrogens with zero attached hydrogens (tertiary/aromatic N) is 3. The highest BCUT2D eigenvalue weighted by atomic mass is 127. The molecule has 0 fully saturated rings. The number of allylic oxidation sites excluding steroid dienone is 1. The van der Waals surface area contributed by atoms with Gasteiger partial charge in [-0.2, -0.15) is 0 Å². The van der Waals surface area contributed by atoms with Gasteiger partial charge in [0.05, 0.1) is 0 Å². The number of Topliss-reactive ketones (excluding diaryl/α,β-unsaturated/α-hetero) is 1. The van der Waals surface area contributed by atoms with E-state index in [4.69, 9.17) is 0 Å². The lowest BCUT2D eigenvalue weighted by atomic mass is 10.1. The van der Waals surface area contributed by atoms with E-state index in [1.807, 2.05) is 4.68 Å². The minimum atomic E-state index is 0.0588. The Morgan fingerprint density at radius 1 is 1.30 bits per heavy atom. The number of hydrogen-bond donors (Lipinski definition) is 0. The van der Waals surface area contributed by atoms with Gasteiger partial charge in [0.1, 0.15) is 3.70 Å². The highest BCUT2D eigenvalue weighted by Gasteiger charge is 2.16. The van der Waals surface area contributed by atoms with Crippen LogP contribution in [0.5, 0.6) is 0 Å². The van der Waals surface area contributed by atoms with E-state index in [1.165, 1.54) is 32.1 Å². The van der Waals surface area contributed by atoms with E-state index in [-0.39, 0.29) is 5.78 Å². The Bertz CT molecular complexity index is 429. The van der Waals surface area contributed by atoms with Gasteiger partial charge < -0.3 is 0 Å². The highest BCUT2D eigenvalue weighted by Crippen LogP contribution is 2.14. The summed E-state index contributed by atoms with van der Waals surface area (Å²) in [4.78, 5) is 11.9. The number of aryl methyl sites for hydroxylation is 1. The number of halogens is 1. The minimum absolute atomic E-state index is 0.0588. The molecule has 0 amide bonds. The lowest BCUT2D eigenvalue weighted by Gasteiger charge is -2.03. The smallest absolute Gasteiger partial charge is 0.186 e. The molecule has 0 aliphatic rings. The predicted molar refractivity (Wildman–Crippen MR) is 89.9 cm³/mol. The third-order valence-electron chi connectivity index (χ3n) is 3.24. The summed E-state index contributed by atoms with van der Waals surface area (Å²) < 4.78 is 2.71. The molecule has 0 spiro atoms. The van der Waals surface area contributed by atoms with Crippen molar-refractivity contribution in [2.45, 2.75) is 64.8 Å². The quantitative estimate of drug-likeness (QED) is 0.244. The molecule has 0 atom stereocenters. The van der Waals surface area contributed by atoms with Crippen LogP contribution in [-0.4, -0.2) is 20.8 Å². The second-order valence-electron chi connectivity index (χ2n) is 4.97. The minimum Gasteiger partial charge on any atom is -0.292 e. The molecule has 0 N–H and O–H groups in total. The first kappa shape index (κ1) is 17.3. The fraction of sp³-hybridized carbons (Fsp3) is 0.667. The van der Waals surface area contributed by atoms with Crippen LogP contribution >= 0.6 is 22.6 Å². The molecule has 0 aliphatic heterocycles. The van der Waals surface area contributed by atoms with Crippen molar-refractivity contribution >= 4 is 28.4 Å². The van der Waals surface area contributed by atoms with E-state index in [0.29, 0.717) is 18.5 Å². The molecule has 1 aromatic heterocycles. The molecule has 5 heteroatoms. The zero-order valence-corrected chi connectivity index (χ0v) is 14.4. The van der Waals surface area contributed by atoms with Crippen LogP contribution in [0.15, 0.2) is 12.7 Å². The first-order chi connectivity index (χ1) is 9.70. The van der Waals surface area contributed by atoms with E-state index >= 15 is 0 Å². The maximum atomic E-state index is 11.9. The molecular weight excluding hydrogens is 365 g/mol. The zero-order chi connectivity index (χ0) is 14.8. The molecule has 4 nitrogen and oxygen atoms in total. The predicted octanol–water partition coefficient (Wildman–Crippen LogP) is 4.39. The van der Waals surface area contributed by atoms with Crippen LogP contribution < -0.4 is 0 Å². The van der Waals surface area contributed by atoms with Crippen LogP contribution in [0.1, 0.15) is 68.8 Å². The summed E-state index contributed by atoms with van der Waals surface area (Å²) in [5.41, 5.74) is 0.512. The zero-order valence-electron chi connectivity index (χ0n) is 12.3. The summed E-state index contributed by atoms with van der Waals surface area (Å²) in [6.45, 7) is 6.71. The molecule has 1 rings (SSSR count). The molecule has 0 aromatic carbocycles. The third-order valence-corrected chi connectivity index (χ3v) is 4.31. The van der Waals surface area contributed by atoms with E-state index in [1.54, 1.807) is 6.08 Å². The van der Waals surface area contributed by atoms with Gasteiger partial charge in [0.2, 0.25) is 0 Å². The number of carbonyl (C=O) groups is 1. The van der Waals surface area contributed by atoms with E-state index < -0.39 is 0 Å². The van der Waals surface area contributed by atoms with E-state index in [9.17, 15) is 4.79 Å². The SMILES string of the molecule is C=CCCC(=O)c1nnn(CCCCCCCC)c1I. The van der Waals surface area contributed by atoms with Crippen molar-refractivity contribution in [3.05, 3.63) is 22.0 Å². The van der Waals surface area contributed by atoms with Gasteiger partial charge in [-0.3, -0.25) is 4.79 Å². The molecule has 0 bridgehead atoms. The van der Waals surface area contributed by atoms with E-state index in [2.05, 4.69) is 46.4 Å². The van der Waals surface area contributed by atoms with Crippen molar-refractivity contribution < 1.29 is 4.79 Å². The molecular formula is C15H24IN3O. The number of unbranched alkanes of at least 4 members (excludes halogenated alkanes) is 5. The first-order valence-electron chi connectivity index (χ1n) is 7.43. The Morgan fingerprint density at radius 2 is 2.00 bits per heavy atom.